The molecule has 0 aliphatic rings. The summed E-state index contributed by atoms with van der Waals surface area (Å²) in [5, 5.41) is 15.7. The molecule has 1 aromatic rings. The maximum Gasteiger partial charge on any atom is 0.408 e. The van der Waals surface area contributed by atoms with Crippen LogP contribution in [0, 0.1) is 11.8 Å². The molecule has 3 unspecified atom stereocenters. The minimum Gasteiger partial charge on any atom is -0.508 e. The van der Waals surface area contributed by atoms with E-state index in [4.69, 9.17) is 4.74 Å². The van der Waals surface area contributed by atoms with Crippen molar-refractivity contribution in [2.45, 2.75) is 125 Å². The van der Waals surface area contributed by atoms with Crippen molar-refractivity contribution >= 4 is 17.9 Å². The van der Waals surface area contributed by atoms with E-state index in [0.717, 1.165) is 6.42 Å². The summed E-state index contributed by atoms with van der Waals surface area (Å²) in [5.41, 5.74) is -0.676. The summed E-state index contributed by atoms with van der Waals surface area (Å²) in [6.45, 7) is 21.1. The van der Waals surface area contributed by atoms with Gasteiger partial charge in [0.2, 0.25) is 11.8 Å². The monoisotopic (exact) mass is 533 g/mol. The molecule has 0 aliphatic heterocycles. The summed E-state index contributed by atoms with van der Waals surface area (Å²) in [6, 6.07) is 4.21. The van der Waals surface area contributed by atoms with Crippen LogP contribution in [0.4, 0.5) is 4.79 Å². The van der Waals surface area contributed by atoms with Crippen LogP contribution in [0.5, 0.6) is 5.75 Å². The summed E-state index contributed by atoms with van der Waals surface area (Å²) in [4.78, 5) is 42.5. The van der Waals surface area contributed by atoms with Crippen molar-refractivity contribution in [3.63, 3.8) is 0 Å². The van der Waals surface area contributed by atoms with Crippen molar-refractivity contribution < 1.29 is 24.2 Å². The molecule has 3 atom stereocenters. The van der Waals surface area contributed by atoms with Crippen molar-refractivity contribution in [1.29, 1.82) is 0 Å². The molecule has 216 valence electrons. The first-order valence-corrected chi connectivity index (χ1v) is 13.7. The normalized spacial score (nSPS) is 14.6. The number of phenols is 1. The zero-order valence-electron chi connectivity index (χ0n) is 25.3. The van der Waals surface area contributed by atoms with Crippen molar-refractivity contribution in [3.8, 4) is 5.75 Å². The molecular weight excluding hydrogens is 482 g/mol. The molecule has 1 aromatic carbocycles. The summed E-state index contributed by atoms with van der Waals surface area (Å²) < 4.78 is 5.46. The smallest absolute Gasteiger partial charge is 0.408 e. The number of benzene rings is 1. The topological polar surface area (TPSA) is 108 Å². The number of alkyl carbamates (subject to hydrolysis) is 1. The Morgan fingerprint density at radius 1 is 0.895 bits per heavy atom. The van der Waals surface area contributed by atoms with E-state index in [1.54, 1.807) is 37.8 Å². The summed E-state index contributed by atoms with van der Waals surface area (Å²) in [7, 11) is 0. The molecule has 38 heavy (non-hydrogen) atoms. The molecule has 0 spiro atoms. The van der Waals surface area contributed by atoms with Gasteiger partial charge < -0.3 is 25.4 Å². The lowest BCUT2D eigenvalue weighted by Gasteiger charge is -2.40. The molecular formula is C30H51N3O5. The third-order valence-electron chi connectivity index (χ3n) is 5.82. The number of rotatable bonds is 11. The Balaban J connectivity index is 3.64. The third-order valence-corrected chi connectivity index (χ3v) is 5.82. The Morgan fingerprint density at radius 2 is 1.45 bits per heavy atom. The molecule has 1 rings (SSSR count). The van der Waals surface area contributed by atoms with Gasteiger partial charge in [0.1, 0.15) is 23.4 Å². The van der Waals surface area contributed by atoms with Gasteiger partial charge in [0.15, 0.2) is 0 Å². The molecule has 0 bridgehead atoms. The van der Waals surface area contributed by atoms with Crippen LogP contribution in [-0.4, -0.2) is 51.1 Å². The van der Waals surface area contributed by atoms with Gasteiger partial charge in [-0.05, 0) is 97.3 Å². The van der Waals surface area contributed by atoms with Gasteiger partial charge in [-0.25, -0.2) is 4.79 Å². The SMILES string of the molecule is CC(C)CCC(C)N(C(=O)C(CC(C)C)NC(=O)OC(C)(C)C)C(C(=O)NC(C)(C)C)c1ccc(O)cc1. The second kappa shape index (κ2) is 13.9. The van der Waals surface area contributed by atoms with Crippen LogP contribution < -0.4 is 10.6 Å². The lowest BCUT2D eigenvalue weighted by Crippen LogP contribution is -2.57. The Kier molecular flexibility index (Phi) is 12.1. The van der Waals surface area contributed by atoms with E-state index in [2.05, 4.69) is 24.5 Å². The number of ether oxygens (including phenoxy) is 1. The second-order valence-corrected chi connectivity index (χ2v) is 13.1. The highest BCUT2D eigenvalue weighted by atomic mass is 16.6. The standard InChI is InChI=1S/C30H51N3O5/c1-19(2)12-13-21(5)33(27(36)24(18-20(3)4)31-28(37)38-30(9,10)11)25(26(35)32-29(6,7)8)22-14-16-23(34)17-15-22/h14-17,19-21,24-25,34H,12-13,18H2,1-11H3,(H,31,37)(H,32,35). The molecule has 0 aliphatic carbocycles. The number of carbonyl (C=O) groups is 3. The van der Waals surface area contributed by atoms with Crippen molar-refractivity contribution in [3.05, 3.63) is 29.8 Å². The van der Waals surface area contributed by atoms with E-state index in [-0.39, 0.29) is 29.5 Å². The van der Waals surface area contributed by atoms with Crippen LogP contribution in [-0.2, 0) is 14.3 Å². The van der Waals surface area contributed by atoms with E-state index < -0.39 is 29.3 Å². The highest BCUT2D eigenvalue weighted by molar-refractivity contribution is 5.92. The Bertz CT molecular complexity index is 913. The quantitative estimate of drug-likeness (QED) is 0.326. The minimum atomic E-state index is -0.959. The van der Waals surface area contributed by atoms with Crippen LogP contribution in [0.25, 0.3) is 0 Å². The number of nitrogens with zero attached hydrogens (tertiary/aromatic N) is 1. The van der Waals surface area contributed by atoms with Gasteiger partial charge in [-0.15, -0.1) is 0 Å². The highest BCUT2D eigenvalue weighted by Gasteiger charge is 2.39. The fraction of sp³-hybridized carbons (Fsp3) is 0.700. The van der Waals surface area contributed by atoms with Crippen LogP contribution in [0.15, 0.2) is 24.3 Å². The lowest BCUT2D eigenvalue weighted by atomic mass is 9.94. The number of nitrogens with one attached hydrogen (secondary N) is 2. The van der Waals surface area contributed by atoms with Gasteiger partial charge in [-0.1, -0.05) is 39.8 Å². The zero-order valence-corrected chi connectivity index (χ0v) is 25.3. The van der Waals surface area contributed by atoms with E-state index in [1.807, 2.05) is 41.5 Å². The molecule has 8 heteroatoms. The van der Waals surface area contributed by atoms with Crippen LogP contribution in [0.2, 0.25) is 0 Å². The second-order valence-electron chi connectivity index (χ2n) is 13.1. The minimum absolute atomic E-state index is 0.0683. The van der Waals surface area contributed by atoms with Gasteiger partial charge in [-0.3, -0.25) is 9.59 Å². The predicted molar refractivity (Wildman–Crippen MR) is 152 cm³/mol. The fourth-order valence-corrected chi connectivity index (χ4v) is 4.17. The molecule has 3 N–H and O–H groups in total. The molecule has 0 saturated heterocycles. The van der Waals surface area contributed by atoms with Gasteiger partial charge in [-0.2, -0.15) is 0 Å². The molecule has 0 radical (unpaired) electrons. The van der Waals surface area contributed by atoms with Gasteiger partial charge in [0.05, 0.1) is 0 Å². The number of hydrogen-bond acceptors (Lipinski definition) is 5. The number of aromatic hydroxyl groups is 1. The van der Waals surface area contributed by atoms with Crippen LogP contribution >= 0.6 is 0 Å². The largest absolute Gasteiger partial charge is 0.508 e. The van der Waals surface area contributed by atoms with E-state index in [1.165, 1.54) is 12.1 Å². The van der Waals surface area contributed by atoms with E-state index in [0.29, 0.717) is 24.3 Å². The first kappa shape index (κ1) is 33.3. The Morgan fingerprint density at radius 3 is 1.89 bits per heavy atom. The van der Waals surface area contributed by atoms with Crippen molar-refractivity contribution in [2.24, 2.45) is 11.8 Å². The third kappa shape index (κ3) is 11.7. The van der Waals surface area contributed by atoms with E-state index >= 15 is 0 Å². The van der Waals surface area contributed by atoms with Crippen molar-refractivity contribution in [2.75, 3.05) is 0 Å². The summed E-state index contributed by atoms with van der Waals surface area (Å²) in [5.74, 6) is -0.0892. The fourth-order valence-electron chi connectivity index (χ4n) is 4.17. The number of amides is 3. The molecule has 0 heterocycles. The molecule has 0 fully saturated rings. The van der Waals surface area contributed by atoms with Crippen molar-refractivity contribution in [1.82, 2.24) is 15.5 Å². The maximum absolute atomic E-state index is 14.3. The highest BCUT2D eigenvalue weighted by Crippen LogP contribution is 2.30. The zero-order chi connectivity index (χ0) is 29.4. The molecule has 3 amide bonds. The molecule has 0 aromatic heterocycles. The van der Waals surface area contributed by atoms with E-state index in [9.17, 15) is 19.5 Å². The average molecular weight is 534 g/mol. The summed E-state index contributed by atoms with van der Waals surface area (Å²) >= 11 is 0. The molecule has 8 nitrogen and oxygen atoms in total. The van der Waals surface area contributed by atoms with Gasteiger partial charge in [0.25, 0.3) is 0 Å². The average Bonchev–Trinajstić information content (AvgIpc) is 2.72. The Hall–Kier alpha value is -2.77. The summed E-state index contributed by atoms with van der Waals surface area (Å²) in [6.07, 6.45) is 1.25. The Labute approximate surface area is 229 Å². The van der Waals surface area contributed by atoms with Crippen LogP contribution in [0.1, 0.15) is 107 Å². The molecule has 0 saturated carbocycles. The first-order chi connectivity index (χ1) is 17.3. The van der Waals surface area contributed by atoms with Crippen LogP contribution in [0.3, 0.4) is 0 Å². The predicted octanol–water partition coefficient (Wildman–Crippen LogP) is 5.94. The number of hydrogen-bond donors (Lipinski definition) is 3. The maximum atomic E-state index is 14.3. The number of carbonyl (C=O) groups excluding carboxylic acids is 3. The lowest BCUT2D eigenvalue weighted by molar-refractivity contribution is -0.146. The van der Waals surface area contributed by atoms with Gasteiger partial charge in [0, 0.05) is 11.6 Å². The van der Waals surface area contributed by atoms with Gasteiger partial charge >= 0.3 is 6.09 Å². The first-order valence-electron chi connectivity index (χ1n) is 13.7. The number of phenolic OH excluding ortho intramolecular Hbond substituents is 1.